The number of ether oxygens (including phenoxy) is 1. The Morgan fingerprint density at radius 2 is 1.82 bits per heavy atom. The minimum Gasteiger partial charge on any atom is -0.447 e. The summed E-state index contributed by atoms with van der Waals surface area (Å²) in [6.07, 6.45) is -1.42. The third-order valence-electron chi connectivity index (χ3n) is 2.30. The smallest absolute Gasteiger partial charge is 0.407 e. The van der Waals surface area contributed by atoms with E-state index in [4.69, 9.17) is 4.74 Å². The van der Waals surface area contributed by atoms with Crippen LogP contribution in [0.2, 0.25) is 0 Å². The Kier molecular flexibility index (Phi) is 4.97. The van der Waals surface area contributed by atoms with E-state index < -0.39 is 18.2 Å². The second-order valence-corrected chi connectivity index (χ2v) is 4.24. The number of aliphatic hydroxyl groups is 1. The molecule has 1 aromatic carbocycles. The van der Waals surface area contributed by atoms with E-state index in [1.54, 1.807) is 20.8 Å². The Hall–Kier alpha value is -1.55. The first-order valence-electron chi connectivity index (χ1n) is 5.71. The highest BCUT2D eigenvalue weighted by atomic mass is 16.6. The lowest BCUT2D eigenvalue weighted by Crippen LogP contribution is -2.38. The van der Waals surface area contributed by atoms with Gasteiger partial charge in [-0.25, -0.2) is 4.79 Å². The molecule has 0 spiro atoms. The Bertz CT molecular complexity index is 351. The number of nitrogens with one attached hydrogen (secondary N) is 1. The zero-order valence-electron chi connectivity index (χ0n) is 10.4. The molecule has 0 saturated carbocycles. The molecule has 2 N–H and O–H groups in total. The van der Waals surface area contributed by atoms with Crippen molar-refractivity contribution >= 4 is 6.09 Å². The van der Waals surface area contributed by atoms with Gasteiger partial charge < -0.3 is 15.2 Å². The summed E-state index contributed by atoms with van der Waals surface area (Å²) < 4.78 is 4.95. The van der Waals surface area contributed by atoms with E-state index in [2.05, 4.69) is 5.32 Å². The third kappa shape index (κ3) is 4.44. The predicted octanol–water partition coefficient (Wildman–Crippen LogP) is 2.24. The molecule has 0 aromatic heterocycles. The average molecular weight is 237 g/mol. The number of amides is 1. The molecule has 4 nitrogen and oxygen atoms in total. The summed E-state index contributed by atoms with van der Waals surface area (Å²) >= 11 is 0. The third-order valence-corrected chi connectivity index (χ3v) is 2.30. The summed E-state index contributed by atoms with van der Waals surface area (Å²) in [6, 6.07) is 8.80. The van der Waals surface area contributed by atoms with Gasteiger partial charge in [0.1, 0.15) is 0 Å². The van der Waals surface area contributed by atoms with Crippen LogP contribution in [0, 0.1) is 0 Å². The molecule has 17 heavy (non-hydrogen) atoms. The number of hydrogen-bond donors (Lipinski definition) is 2. The highest BCUT2D eigenvalue weighted by molar-refractivity contribution is 5.67. The molecule has 0 bridgehead atoms. The molecule has 0 aliphatic heterocycles. The summed E-state index contributed by atoms with van der Waals surface area (Å²) in [4.78, 5) is 11.4. The van der Waals surface area contributed by atoms with Gasteiger partial charge in [-0.15, -0.1) is 0 Å². The summed E-state index contributed by atoms with van der Waals surface area (Å²) in [5, 5.41) is 12.6. The molecule has 0 unspecified atom stereocenters. The highest BCUT2D eigenvalue weighted by Crippen LogP contribution is 2.16. The van der Waals surface area contributed by atoms with Crippen LogP contribution in [-0.4, -0.2) is 23.3 Å². The molecule has 0 saturated heterocycles. The monoisotopic (exact) mass is 237 g/mol. The van der Waals surface area contributed by atoms with Gasteiger partial charge in [-0.1, -0.05) is 30.3 Å². The molecule has 4 heteroatoms. The molecule has 0 aliphatic carbocycles. The molecule has 1 amide bonds. The quantitative estimate of drug-likeness (QED) is 0.844. The summed E-state index contributed by atoms with van der Waals surface area (Å²) in [5.41, 5.74) is 0.768. The van der Waals surface area contributed by atoms with Gasteiger partial charge in [0.25, 0.3) is 0 Å². The van der Waals surface area contributed by atoms with Crippen molar-refractivity contribution in [3.8, 4) is 0 Å². The minimum atomic E-state index is -0.740. The van der Waals surface area contributed by atoms with E-state index in [0.29, 0.717) is 0 Å². The molecular weight excluding hydrogens is 218 g/mol. The number of alkyl carbamates (subject to hydrolysis) is 1. The number of aliphatic hydroxyl groups excluding tert-OH is 1. The lowest BCUT2D eigenvalue weighted by Gasteiger charge is -2.21. The van der Waals surface area contributed by atoms with Gasteiger partial charge in [0.2, 0.25) is 0 Å². The topological polar surface area (TPSA) is 58.6 Å². The number of carbonyl (C=O) groups excluding carboxylic acids is 1. The van der Waals surface area contributed by atoms with E-state index in [-0.39, 0.29) is 6.10 Å². The average Bonchev–Trinajstić information content (AvgIpc) is 2.28. The van der Waals surface area contributed by atoms with Crippen LogP contribution in [0.1, 0.15) is 32.4 Å². The highest BCUT2D eigenvalue weighted by Gasteiger charge is 2.19. The van der Waals surface area contributed by atoms with E-state index in [1.807, 2.05) is 30.3 Å². The standard InChI is InChI=1S/C13H19NO3/c1-9(2)17-13(16)14-10(3)12(15)11-7-5-4-6-8-11/h4-10,12,15H,1-3H3,(H,14,16)/t10-,12-/m0/s1. The second kappa shape index (κ2) is 6.25. The first kappa shape index (κ1) is 13.5. The van der Waals surface area contributed by atoms with Crippen LogP contribution in [0.15, 0.2) is 30.3 Å². The zero-order chi connectivity index (χ0) is 12.8. The fraction of sp³-hybridized carbons (Fsp3) is 0.462. The Morgan fingerprint density at radius 1 is 1.24 bits per heavy atom. The first-order chi connectivity index (χ1) is 8.00. The van der Waals surface area contributed by atoms with Crippen molar-refractivity contribution in [2.75, 3.05) is 0 Å². The van der Waals surface area contributed by atoms with Crippen molar-refractivity contribution in [3.05, 3.63) is 35.9 Å². The number of rotatable bonds is 4. The fourth-order valence-electron chi connectivity index (χ4n) is 1.45. The van der Waals surface area contributed by atoms with Crippen LogP contribution in [0.3, 0.4) is 0 Å². The zero-order valence-corrected chi connectivity index (χ0v) is 10.4. The van der Waals surface area contributed by atoms with E-state index >= 15 is 0 Å². The summed E-state index contributed by atoms with van der Waals surface area (Å²) in [5.74, 6) is 0. The fourth-order valence-corrected chi connectivity index (χ4v) is 1.45. The van der Waals surface area contributed by atoms with Crippen LogP contribution >= 0.6 is 0 Å². The van der Waals surface area contributed by atoms with Gasteiger partial charge in [0.05, 0.1) is 18.2 Å². The van der Waals surface area contributed by atoms with Gasteiger partial charge in [-0.2, -0.15) is 0 Å². The maximum Gasteiger partial charge on any atom is 0.407 e. The van der Waals surface area contributed by atoms with Gasteiger partial charge in [-0.3, -0.25) is 0 Å². The van der Waals surface area contributed by atoms with Crippen molar-refractivity contribution < 1.29 is 14.6 Å². The van der Waals surface area contributed by atoms with Crippen LogP contribution in [0.4, 0.5) is 4.79 Å². The molecule has 2 atom stereocenters. The van der Waals surface area contributed by atoms with Crippen molar-refractivity contribution in [3.63, 3.8) is 0 Å². The van der Waals surface area contributed by atoms with Gasteiger partial charge in [-0.05, 0) is 26.3 Å². The second-order valence-electron chi connectivity index (χ2n) is 4.24. The minimum absolute atomic E-state index is 0.170. The largest absolute Gasteiger partial charge is 0.447 e. The van der Waals surface area contributed by atoms with Crippen LogP contribution < -0.4 is 5.32 Å². The maximum absolute atomic E-state index is 11.4. The Balaban J connectivity index is 2.53. The maximum atomic E-state index is 11.4. The molecular formula is C13H19NO3. The SMILES string of the molecule is CC(C)OC(=O)N[C@@H](C)[C@H](O)c1ccccc1. The number of carbonyl (C=O) groups is 1. The Labute approximate surface area is 102 Å². The van der Waals surface area contributed by atoms with Crippen molar-refractivity contribution in [1.29, 1.82) is 0 Å². The lowest BCUT2D eigenvalue weighted by molar-refractivity contribution is 0.0926. The molecule has 94 valence electrons. The van der Waals surface area contributed by atoms with Crippen molar-refractivity contribution in [2.24, 2.45) is 0 Å². The van der Waals surface area contributed by atoms with E-state index in [9.17, 15) is 9.90 Å². The summed E-state index contributed by atoms with van der Waals surface area (Å²) in [6.45, 7) is 5.29. The van der Waals surface area contributed by atoms with Crippen molar-refractivity contribution in [2.45, 2.75) is 39.0 Å². The van der Waals surface area contributed by atoms with Gasteiger partial charge in [0, 0.05) is 0 Å². The molecule has 0 heterocycles. The van der Waals surface area contributed by atoms with E-state index in [0.717, 1.165) is 5.56 Å². The first-order valence-corrected chi connectivity index (χ1v) is 5.71. The van der Waals surface area contributed by atoms with Gasteiger partial charge in [0.15, 0.2) is 0 Å². The number of hydrogen-bond acceptors (Lipinski definition) is 3. The summed E-state index contributed by atoms with van der Waals surface area (Å²) in [7, 11) is 0. The molecule has 0 fully saturated rings. The van der Waals surface area contributed by atoms with Gasteiger partial charge >= 0.3 is 6.09 Å². The normalized spacial score (nSPS) is 14.2. The molecule has 0 radical (unpaired) electrons. The van der Waals surface area contributed by atoms with E-state index in [1.165, 1.54) is 0 Å². The lowest BCUT2D eigenvalue weighted by atomic mass is 10.0. The molecule has 1 aromatic rings. The Morgan fingerprint density at radius 3 is 2.35 bits per heavy atom. The molecule has 1 rings (SSSR count). The molecule has 0 aliphatic rings. The van der Waals surface area contributed by atoms with Crippen LogP contribution in [0.5, 0.6) is 0 Å². The van der Waals surface area contributed by atoms with Crippen molar-refractivity contribution in [1.82, 2.24) is 5.32 Å². The van der Waals surface area contributed by atoms with Crippen LogP contribution in [-0.2, 0) is 4.74 Å². The van der Waals surface area contributed by atoms with Crippen LogP contribution in [0.25, 0.3) is 0 Å². The predicted molar refractivity (Wildman–Crippen MR) is 65.6 cm³/mol. The number of benzene rings is 1.